The minimum Gasteiger partial charge on any atom is -0.462 e. The van der Waals surface area contributed by atoms with Crippen LogP contribution in [0.5, 0.6) is 0 Å². The van der Waals surface area contributed by atoms with Gasteiger partial charge in [-0.1, -0.05) is 154 Å². The first-order chi connectivity index (χ1) is 30.8. The van der Waals surface area contributed by atoms with E-state index in [1.165, 1.54) is 64.2 Å². The second kappa shape index (κ2) is 35.7. The number of esters is 2. The normalized spacial score (nSPS) is 22.1. The highest BCUT2D eigenvalue weighted by Gasteiger charge is 2.56. The number of phosphoric ester groups is 3. The van der Waals surface area contributed by atoms with Gasteiger partial charge in [0.15, 0.2) is 6.10 Å². The van der Waals surface area contributed by atoms with E-state index in [9.17, 15) is 63.1 Å². The minimum atomic E-state index is -5.60. The first-order valence-electron chi connectivity index (χ1n) is 23.6. The van der Waals surface area contributed by atoms with Gasteiger partial charge in [-0.15, -0.1) is 0 Å². The smallest absolute Gasteiger partial charge is 0.462 e. The maximum absolute atomic E-state index is 13.1. The number of carbonyl (C=O) groups is 2. The van der Waals surface area contributed by atoms with Crippen molar-refractivity contribution in [3.05, 3.63) is 24.3 Å². The average Bonchev–Trinajstić information content (AvgIpc) is 3.23. The summed E-state index contributed by atoms with van der Waals surface area (Å²) in [5.41, 5.74) is 0. The van der Waals surface area contributed by atoms with Gasteiger partial charge < -0.3 is 49.3 Å². The van der Waals surface area contributed by atoms with Gasteiger partial charge in [-0.25, -0.2) is 13.7 Å². The Balaban J connectivity index is 2.74. The summed E-state index contributed by atoms with van der Waals surface area (Å²) in [6.07, 6.45) is 17.7. The van der Waals surface area contributed by atoms with E-state index in [0.717, 1.165) is 77.0 Å². The topological polar surface area (TPSA) is 303 Å². The number of rotatable bonds is 40. The van der Waals surface area contributed by atoms with Crippen LogP contribution < -0.4 is 0 Å². The lowest BCUT2D eigenvalue weighted by molar-refractivity contribution is -0.213. The van der Waals surface area contributed by atoms with Crippen molar-refractivity contribution in [2.24, 2.45) is 0 Å². The van der Waals surface area contributed by atoms with Crippen molar-refractivity contribution >= 4 is 35.4 Å². The highest BCUT2D eigenvalue weighted by molar-refractivity contribution is 7.47. The number of aliphatic hydroxyl groups is 3. The second-order valence-electron chi connectivity index (χ2n) is 16.7. The number of ether oxygens (including phenoxy) is 2. The van der Waals surface area contributed by atoms with Gasteiger partial charge in [-0.2, -0.15) is 0 Å². The molecule has 1 rings (SSSR count). The van der Waals surface area contributed by atoms with E-state index >= 15 is 0 Å². The van der Waals surface area contributed by atoms with Gasteiger partial charge in [-0.05, 0) is 38.5 Å². The Morgan fingerprint density at radius 2 is 0.923 bits per heavy atom. The third kappa shape index (κ3) is 32.1. The van der Waals surface area contributed by atoms with Crippen LogP contribution in [-0.4, -0.2) is 108 Å². The fraction of sp³-hybridized carbons (Fsp3) is 0.860. The molecule has 0 amide bonds. The molecule has 0 aromatic carbocycles. The number of hydrogen-bond acceptors (Lipinski definition) is 14. The number of allylic oxidation sites excluding steroid dienone is 4. The molecule has 0 aromatic rings. The molecule has 1 saturated carbocycles. The summed E-state index contributed by atoms with van der Waals surface area (Å²) in [5.74, 6) is -1.31. The molecule has 22 heteroatoms. The van der Waals surface area contributed by atoms with Crippen molar-refractivity contribution < 1.29 is 90.6 Å². The Hall–Kier alpha value is -1.37. The van der Waals surface area contributed by atoms with E-state index in [-0.39, 0.29) is 12.8 Å². The number of phosphoric acid groups is 3. The predicted molar refractivity (Wildman–Crippen MR) is 243 cm³/mol. The average molecular weight is 995 g/mol. The molecule has 1 fully saturated rings. The van der Waals surface area contributed by atoms with Crippen LogP contribution in [-0.2, 0) is 50.9 Å². The van der Waals surface area contributed by atoms with Gasteiger partial charge in [-0.3, -0.25) is 27.7 Å². The van der Waals surface area contributed by atoms with Crippen molar-refractivity contribution in [3.8, 4) is 0 Å². The molecular weight excluding hydrogens is 913 g/mol. The van der Waals surface area contributed by atoms with E-state index in [1.807, 2.05) is 0 Å². The van der Waals surface area contributed by atoms with Gasteiger partial charge in [0.1, 0.15) is 43.2 Å². The third-order valence-electron chi connectivity index (χ3n) is 10.7. The first kappa shape index (κ1) is 61.6. The van der Waals surface area contributed by atoms with Crippen molar-refractivity contribution in [1.82, 2.24) is 0 Å². The molecular formula is C43H81O19P3. The molecule has 0 saturated heterocycles. The molecule has 0 aromatic heterocycles. The Morgan fingerprint density at radius 1 is 0.492 bits per heavy atom. The maximum Gasteiger partial charge on any atom is 0.472 e. The predicted octanol–water partition coefficient (Wildman–Crippen LogP) is 8.29. The van der Waals surface area contributed by atoms with E-state index in [2.05, 4.69) is 47.2 Å². The van der Waals surface area contributed by atoms with Crippen molar-refractivity contribution in [3.63, 3.8) is 0 Å². The Kier molecular flexibility index (Phi) is 33.9. The van der Waals surface area contributed by atoms with Crippen LogP contribution in [0.3, 0.4) is 0 Å². The van der Waals surface area contributed by atoms with Gasteiger partial charge in [0.25, 0.3) is 0 Å². The number of hydrogen-bond donors (Lipinski definition) is 8. The fourth-order valence-electron chi connectivity index (χ4n) is 7.21. The summed E-state index contributed by atoms with van der Waals surface area (Å²) in [5, 5.41) is 31.8. The summed E-state index contributed by atoms with van der Waals surface area (Å²) >= 11 is 0. The number of aliphatic hydroxyl groups excluding tert-OH is 3. The molecule has 65 heavy (non-hydrogen) atoms. The second-order valence-corrected chi connectivity index (χ2v) is 20.5. The summed E-state index contributed by atoms with van der Waals surface area (Å²) in [6.45, 7) is 2.87. The first-order valence-corrected chi connectivity index (χ1v) is 28.2. The van der Waals surface area contributed by atoms with Gasteiger partial charge in [0.05, 0.1) is 6.61 Å². The van der Waals surface area contributed by atoms with Crippen LogP contribution in [0.25, 0.3) is 0 Å². The van der Waals surface area contributed by atoms with Crippen molar-refractivity contribution in [2.45, 2.75) is 224 Å². The molecule has 19 nitrogen and oxygen atoms in total. The van der Waals surface area contributed by atoms with Crippen LogP contribution >= 0.6 is 23.5 Å². The van der Waals surface area contributed by atoms with Gasteiger partial charge >= 0.3 is 35.4 Å². The monoisotopic (exact) mass is 994 g/mol. The Morgan fingerprint density at radius 3 is 1.42 bits per heavy atom. The summed E-state index contributed by atoms with van der Waals surface area (Å²) in [6, 6.07) is 0. The van der Waals surface area contributed by atoms with E-state index in [4.69, 9.17) is 18.5 Å². The molecule has 8 atom stereocenters. The SMILES string of the molecule is CCC/C=C\C/C=C\CCCCCCCC(=O)O[C@H](COC(=O)CCCCCCCCCCCCCCCCC)COP(=O)(O)O[C@H]1C(O)C(O)C(OP(=O)(O)O)[C@@H](OP(=O)(O)O)C1O. The molecule has 0 heterocycles. The largest absolute Gasteiger partial charge is 0.472 e. The maximum atomic E-state index is 13.1. The quantitative estimate of drug-likeness (QED) is 0.0124. The number of unbranched alkanes of at least 4 members (excludes halogenated alkanes) is 20. The van der Waals surface area contributed by atoms with Gasteiger partial charge in [0.2, 0.25) is 0 Å². The van der Waals surface area contributed by atoms with Crippen LogP contribution in [0.1, 0.15) is 181 Å². The fourth-order valence-corrected chi connectivity index (χ4v) is 9.31. The Labute approximate surface area is 386 Å². The van der Waals surface area contributed by atoms with E-state index in [0.29, 0.717) is 12.8 Å². The molecule has 0 aliphatic heterocycles. The molecule has 0 spiro atoms. The zero-order valence-electron chi connectivity index (χ0n) is 38.6. The molecule has 5 unspecified atom stereocenters. The van der Waals surface area contributed by atoms with Crippen LogP contribution in [0.4, 0.5) is 0 Å². The van der Waals surface area contributed by atoms with E-state index in [1.54, 1.807) is 0 Å². The summed E-state index contributed by atoms with van der Waals surface area (Å²) in [7, 11) is -16.6. The zero-order chi connectivity index (χ0) is 48.6. The van der Waals surface area contributed by atoms with E-state index < -0.39 is 91.3 Å². The lowest BCUT2D eigenvalue weighted by atomic mass is 9.85. The van der Waals surface area contributed by atoms with Crippen LogP contribution in [0, 0.1) is 0 Å². The molecule has 382 valence electrons. The van der Waals surface area contributed by atoms with Crippen molar-refractivity contribution in [2.75, 3.05) is 13.2 Å². The Bertz CT molecular complexity index is 1470. The van der Waals surface area contributed by atoms with Gasteiger partial charge in [0, 0.05) is 12.8 Å². The van der Waals surface area contributed by atoms with Crippen molar-refractivity contribution in [1.29, 1.82) is 0 Å². The number of carbonyl (C=O) groups excluding carboxylic acids is 2. The lowest BCUT2D eigenvalue weighted by Gasteiger charge is -2.44. The molecule has 0 radical (unpaired) electrons. The van der Waals surface area contributed by atoms with Crippen LogP contribution in [0.15, 0.2) is 24.3 Å². The minimum absolute atomic E-state index is 0.0159. The zero-order valence-corrected chi connectivity index (χ0v) is 41.2. The van der Waals surface area contributed by atoms with Crippen LogP contribution in [0.2, 0.25) is 0 Å². The molecule has 8 N–H and O–H groups in total. The highest BCUT2D eigenvalue weighted by Crippen LogP contribution is 2.51. The molecule has 0 bridgehead atoms. The third-order valence-corrected chi connectivity index (χ3v) is 12.8. The lowest BCUT2D eigenvalue weighted by Crippen LogP contribution is -2.65. The molecule has 1 aliphatic rings. The highest BCUT2D eigenvalue weighted by atomic mass is 31.2. The standard InChI is InChI=1S/C43H81O19P3/c1-3-5-7-9-11-13-15-17-18-20-21-23-25-27-29-31-36(44)57-33-35(59-37(45)32-30-28-26-24-22-19-16-14-12-10-8-6-4-2)34-58-65(55,56)62-41-38(46)39(47)42(60-63(49,50)51)43(40(41)48)61-64(52,53)54/h8,10,14,16,35,38-43,46-48H,3-7,9,11-13,15,17-34H2,1-2H3,(H,55,56)(H2,49,50,51)(H2,52,53,54)/b10-8-,16-14-/t35-,38?,39?,40?,41+,42?,43+/m1/s1. The summed E-state index contributed by atoms with van der Waals surface area (Å²) in [4.78, 5) is 73.1. The molecule has 1 aliphatic carbocycles. The summed E-state index contributed by atoms with van der Waals surface area (Å²) < 4.78 is 65.4.